The number of halogens is 2. The molecule has 1 saturated heterocycles. The van der Waals surface area contributed by atoms with Gasteiger partial charge in [0.15, 0.2) is 0 Å². The van der Waals surface area contributed by atoms with Crippen LogP contribution in [-0.4, -0.2) is 53.9 Å². The number of morpholine rings is 1. The quantitative estimate of drug-likeness (QED) is 0.423. The molecule has 0 spiro atoms. The van der Waals surface area contributed by atoms with Crippen molar-refractivity contribution >= 4 is 28.1 Å². The lowest BCUT2D eigenvalue weighted by atomic mass is 9.96. The van der Waals surface area contributed by atoms with Crippen molar-refractivity contribution in [3.8, 4) is 10.4 Å². The van der Waals surface area contributed by atoms with E-state index in [0.29, 0.717) is 53.3 Å². The number of hydrogen-bond acceptors (Lipinski definition) is 7. The van der Waals surface area contributed by atoms with Crippen molar-refractivity contribution in [3.05, 3.63) is 65.1 Å². The van der Waals surface area contributed by atoms with Crippen LogP contribution in [0.5, 0.6) is 0 Å². The molecule has 3 heterocycles. The highest BCUT2D eigenvalue weighted by Crippen LogP contribution is 2.39. The van der Waals surface area contributed by atoms with Crippen molar-refractivity contribution in [1.82, 2.24) is 9.88 Å². The van der Waals surface area contributed by atoms with E-state index in [9.17, 15) is 18.7 Å². The summed E-state index contributed by atoms with van der Waals surface area (Å²) < 4.78 is 34.2. The Morgan fingerprint density at radius 3 is 2.66 bits per heavy atom. The summed E-state index contributed by atoms with van der Waals surface area (Å²) in [4.78, 5) is 19.2. The standard InChI is InChI=1S/C25H28F2N4O3S/c1-25(2,33)15-6-7-16(18(27)12-15)21-13-17(23(28)32)24(35-21)30-22-5-3-4-19(29-22)20(14-26)31-8-10-34-11-9-31/h3-7,12-13,20,33H,8-11,14H2,1-2H3,(H2,28,32)(H,29,30). The highest BCUT2D eigenvalue weighted by atomic mass is 32.1. The van der Waals surface area contributed by atoms with Gasteiger partial charge in [0.05, 0.1) is 36.1 Å². The van der Waals surface area contributed by atoms with Crippen LogP contribution in [0.1, 0.15) is 41.5 Å². The zero-order valence-electron chi connectivity index (χ0n) is 19.6. The average Bonchev–Trinajstić information content (AvgIpc) is 3.23. The Hall–Kier alpha value is -2.92. The van der Waals surface area contributed by atoms with Gasteiger partial charge in [0.1, 0.15) is 23.3 Å². The summed E-state index contributed by atoms with van der Waals surface area (Å²) in [5.41, 5.74) is 5.88. The average molecular weight is 503 g/mol. The van der Waals surface area contributed by atoms with E-state index in [1.54, 1.807) is 44.2 Å². The third-order valence-corrected chi connectivity index (χ3v) is 7.01. The highest BCUT2D eigenvalue weighted by molar-refractivity contribution is 7.19. The van der Waals surface area contributed by atoms with Crippen LogP contribution in [0.25, 0.3) is 10.4 Å². The maximum absolute atomic E-state index is 14.9. The number of primary amides is 1. The molecule has 1 aliphatic heterocycles. The van der Waals surface area contributed by atoms with Crippen molar-refractivity contribution in [1.29, 1.82) is 0 Å². The second-order valence-corrected chi connectivity index (χ2v) is 9.91. The Morgan fingerprint density at radius 1 is 1.29 bits per heavy atom. The summed E-state index contributed by atoms with van der Waals surface area (Å²) in [6.45, 7) is 4.88. The number of hydrogen-bond donors (Lipinski definition) is 3. The van der Waals surface area contributed by atoms with Gasteiger partial charge in [-0.1, -0.05) is 18.2 Å². The van der Waals surface area contributed by atoms with Crippen molar-refractivity contribution in [2.75, 3.05) is 38.3 Å². The first kappa shape index (κ1) is 25.2. The molecule has 10 heteroatoms. The molecule has 1 aromatic carbocycles. The number of alkyl halides is 1. The normalized spacial score (nSPS) is 15.7. The van der Waals surface area contributed by atoms with Crippen LogP contribution in [0.15, 0.2) is 42.5 Å². The number of ether oxygens (including phenoxy) is 1. The van der Waals surface area contributed by atoms with Crippen molar-refractivity contribution in [3.63, 3.8) is 0 Å². The van der Waals surface area contributed by atoms with E-state index in [1.807, 2.05) is 4.90 Å². The lowest BCUT2D eigenvalue weighted by Gasteiger charge is -2.32. The molecule has 4 rings (SSSR count). The topological polar surface area (TPSA) is 101 Å². The molecule has 186 valence electrons. The van der Waals surface area contributed by atoms with E-state index in [2.05, 4.69) is 10.3 Å². The maximum atomic E-state index is 14.9. The Labute approximate surface area is 206 Å². The number of carbonyl (C=O) groups excluding carboxylic acids is 1. The van der Waals surface area contributed by atoms with Gasteiger partial charge in [0.25, 0.3) is 5.91 Å². The van der Waals surface area contributed by atoms with Crippen LogP contribution in [0.2, 0.25) is 0 Å². The van der Waals surface area contributed by atoms with E-state index in [-0.39, 0.29) is 11.1 Å². The summed E-state index contributed by atoms with van der Waals surface area (Å²) in [6.07, 6.45) is 0. The first-order valence-corrected chi connectivity index (χ1v) is 12.1. The summed E-state index contributed by atoms with van der Waals surface area (Å²) in [5, 5.41) is 13.7. The van der Waals surface area contributed by atoms with E-state index < -0.39 is 30.0 Å². The first-order valence-electron chi connectivity index (χ1n) is 11.3. The zero-order chi connectivity index (χ0) is 25.2. The fourth-order valence-corrected chi connectivity index (χ4v) is 5.07. The molecule has 0 saturated carbocycles. The number of aromatic nitrogens is 1. The molecule has 7 nitrogen and oxygen atoms in total. The number of thiophene rings is 1. The summed E-state index contributed by atoms with van der Waals surface area (Å²) in [5.74, 6) is -0.776. The molecular formula is C25H28F2N4O3S. The smallest absolute Gasteiger partial charge is 0.251 e. The maximum Gasteiger partial charge on any atom is 0.251 e. The third kappa shape index (κ3) is 5.67. The second kappa shape index (κ2) is 10.4. The molecule has 2 aromatic heterocycles. The molecule has 3 aromatic rings. The van der Waals surface area contributed by atoms with Gasteiger partial charge in [0, 0.05) is 23.5 Å². The SMILES string of the molecule is CC(C)(O)c1ccc(-c2cc(C(N)=O)c(Nc3cccc(C(CF)N4CCOCC4)n3)s2)c(F)c1. The number of benzene rings is 1. The largest absolute Gasteiger partial charge is 0.386 e. The zero-order valence-corrected chi connectivity index (χ0v) is 20.4. The number of pyridine rings is 1. The number of nitrogens with two attached hydrogens (primary N) is 1. The van der Waals surface area contributed by atoms with Crippen LogP contribution >= 0.6 is 11.3 Å². The number of nitrogens with zero attached hydrogens (tertiary/aromatic N) is 2. The summed E-state index contributed by atoms with van der Waals surface area (Å²) in [6, 6.07) is 10.7. The lowest BCUT2D eigenvalue weighted by molar-refractivity contribution is 0.00985. The molecule has 1 aliphatic rings. The van der Waals surface area contributed by atoms with E-state index in [0.717, 1.165) is 11.3 Å². The van der Waals surface area contributed by atoms with Gasteiger partial charge < -0.3 is 20.9 Å². The molecular weight excluding hydrogens is 474 g/mol. The molecule has 4 N–H and O–H groups in total. The Balaban J connectivity index is 1.63. The predicted octanol–water partition coefficient (Wildman–Crippen LogP) is 4.36. The molecule has 35 heavy (non-hydrogen) atoms. The molecule has 1 atom stereocenters. The van der Waals surface area contributed by atoms with Crippen molar-refractivity contribution < 1.29 is 23.4 Å². The van der Waals surface area contributed by atoms with Crippen LogP contribution in [0.3, 0.4) is 0 Å². The Kier molecular flexibility index (Phi) is 7.46. The van der Waals surface area contributed by atoms with Gasteiger partial charge in [-0.2, -0.15) is 0 Å². The van der Waals surface area contributed by atoms with Gasteiger partial charge in [-0.05, 0) is 43.7 Å². The van der Waals surface area contributed by atoms with E-state index in [4.69, 9.17) is 10.5 Å². The monoisotopic (exact) mass is 502 g/mol. The molecule has 0 aliphatic carbocycles. The van der Waals surface area contributed by atoms with Crippen LogP contribution in [0.4, 0.5) is 19.6 Å². The van der Waals surface area contributed by atoms with E-state index in [1.165, 1.54) is 12.1 Å². The van der Waals surface area contributed by atoms with Crippen LogP contribution in [0, 0.1) is 5.82 Å². The minimum absolute atomic E-state index is 0.193. The minimum Gasteiger partial charge on any atom is -0.386 e. The Bertz CT molecular complexity index is 1210. The number of nitrogens with one attached hydrogen (secondary N) is 1. The van der Waals surface area contributed by atoms with Crippen LogP contribution in [-0.2, 0) is 10.3 Å². The molecule has 0 radical (unpaired) electrons. The molecule has 1 fully saturated rings. The van der Waals surface area contributed by atoms with Crippen LogP contribution < -0.4 is 11.1 Å². The lowest BCUT2D eigenvalue weighted by Crippen LogP contribution is -2.40. The minimum atomic E-state index is -1.19. The fraction of sp³-hybridized carbons (Fsp3) is 0.360. The van der Waals surface area contributed by atoms with Gasteiger partial charge in [0.2, 0.25) is 0 Å². The number of aliphatic hydroxyl groups is 1. The summed E-state index contributed by atoms with van der Waals surface area (Å²) in [7, 11) is 0. The van der Waals surface area contributed by atoms with Gasteiger partial charge >= 0.3 is 0 Å². The number of rotatable bonds is 8. The predicted molar refractivity (Wildman–Crippen MR) is 132 cm³/mol. The first-order chi connectivity index (χ1) is 16.7. The second-order valence-electron chi connectivity index (χ2n) is 8.86. The fourth-order valence-electron chi connectivity index (χ4n) is 3.97. The number of anilines is 2. The van der Waals surface area contributed by atoms with E-state index >= 15 is 0 Å². The third-order valence-electron chi connectivity index (χ3n) is 5.92. The number of amides is 1. The van der Waals surface area contributed by atoms with Gasteiger partial charge in [-0.15, -0.1) is 11.3 Å². The Morgan fingerprint density at radius 2 is 2.03 bits per heavy atom. The summed E-state index contributed by atoms with van der Waals surface area (Å²) >= 11 is 1.16. The molecule has 1 unspecified atom stereocenters. The molecule has 0 bridgehead atoms. The number of carbonyl (C=O) groups is 1. The highest BCUT2D eigenvalue weighted by Gasteiger charge is 2.25. The van der Waals surface area contributed by atoms with Gasteiger partial charge in [-0.3, -0.25) is 9.69 Å². The van der Waals surface area contributed by atoms with Crippen molar-refractivity contribution in [2.24, 2.45) is 5.73 Å². The molecule has 1 amide bonds. The van der Waals surface area contributed by atoms with Gasteiger partial charge in [-0.25, -0.2) is 13.8 Å². The van der Waals surface area contributed by atoms with Crippen molar-refractivity contribution in [2.45, 2.75) is 25.5 Å².